The zero-order valence-corrected chi connectivity index (χ0v) is 35.5. The maximum absolute atomic E-state index is 12.7. The van der Waals surface area contributed by atoms with E-state index in [0.717, 1.165) is 29.0 Å². The molecule has 60 heavy (non-hydrogen) atoms. The molecule has 0 bridgehead atoms. The van der Waals surface area contributed by atoms with Crippen molar-refractivity contribution >= 4 is 75.1 Å². The number of carboxylic acid groups (broad SMARTS) is 1. The van der Waals surface area contributed by atoms with Gasteiger partial charge < -0.3 is 61.1 Å². The number of nitrogens with one attached hydrogen (secondary N) is 2. The quantitative estimate of drug-likeness (QED) is 0.0400. The molecule has 2 amide bonds. The molecule has 3 rings (SSSR count). The highest BCUT2D eigenvalue weighted by atomic mass is 32.2. The first-order valence-corrected chi connectivity index (χ1v) is 23.3. The molecule has 0 radical (unpaired) electrons. The number of hydrogen-bond acceptors (Lipinski definition) is 20. The fraction of sp³-hybridized carbons (Fsp3) is 0.690. The van der Waals surface area contributed by atoms with E-state index in [1.54, 1.807) is 0 Å². The third kappa shape index (κ3) is 16.7. The third-order valence-corrected chi connectivity index (χ3v) is 12.3. The van der Waals surface area contributed by atoms with Crippen molar-refractivity contribution < 1.29 is 95.5 Å². The predicted octanol–water partition coefficient (Wildman–Crippen LogP) is -0.939. The summed E-state index contributed by atoms with van der Waals surface area (Å²) < 4.78 is 62.1. The minimum atomic E-state index is -5.60. The molecule has 31 heteroatoms. The average molecular weight is 940 g/mol. The van der Waals surface area contributed by atoms with Crippen LogP contribution in [0.3, 0.4) is 0 Å². The topological polar surface area (TPSA) is 421 Å². The molecule has 27 nitrogen and oxygen atoms in total. The highest BCUT2D eigenvalue weighted by Crippen LogP contribution is 2.61. The van der Waals surface area contributed by atoms with Crippen LogP contribution in [0.15, 0.2) is 12.7 Å². The average Bonchev–Trinajstić information content (AvgIpc) is 3.69. The van der Waals surface area contributed by atoms with Crippen LogP contribution in [0.25, 0.3) is 11.2 Å². The third-order valence-electron chi connectivity index (χ3n) is 8.35. The summed E-state index contributed by atoms with van der Waals surface area (Å²) in [6.45, 7) is 0.206. The molecule has 340 valence electrons. The summed E-state index contributed by atoms with van der Waals surface area (Å²) in [6, 6.07) is 0. The van der Waals surface area contributed by atoms with Gasteiger partial charge >= 0.3 is 29.4 Å². The number of carbonyl (C=O) groups is 4. The van der Waals surface area contributed by atoms with Crippen molar-refractivity contribution in [3.05, 3.63) is 12.7 Å². The van der Waals surface area contributed by atoms with Crippen LogP contribution in [0.4, 0.5) is 5.82 Å². The SMILES string of the molecule is CC(C)(COP(=O)(O)OP(=O)(O)OCC1OC(n2cnc3c(N)ncnc32)C(O)C1OP(=O)(O)O)C(O)C(=O)NCCC(=O)NCCSC(=O)CC(O)CCCCC(=O)O. The number of ether oxygens (including phenoxy) is 1. The molecule has 1 aliphatic heterocycles. The van der Waals surface area contributed by atoms with E-state index in [9.17, 15) is 67.8 Å². The number of nitrogens with zero attached hydrogens (tertiary/aromatic N) is 4. The number of carbonyl (C=O) groups excluding carboxylic acids is 3. The number of aliphatic carboxylic acids is 1. The minimum absolute atomic E-state index is 0.0177. The zero-order valence-electron chi connectivity index (χ0n) is 32.0. The molecule has 2 aromatic rings. The second-order valence-corrected chi connectivity index (χ2v) is 19.2. The fourth-order valence-electron chi connectivity index (χ4n) is 5.30. The van der Waals surface area contributed by atoms with Crippen LogP contribution < -0.4 is 16.4 Å². The van der Waals surface area contributed by atoms with E-state index >= 15 is 0 Å². The summed E-state index contributed by atoms with van der Waals surface area (Å²) in [5, 5.41) is 44.5. The number of carboxylic acids is 1. The molecule has 0 saturated carbocycles. The number of anilines is 1. The maximum Gasteiger partial charge on any atom is 0.481 e. The number of thioether (sulfide) groups is 1. The van der Waals surface area contributed by atoms with Crippen molar-refractivity contribution in [2.24, 2.45) is 5.41 Å². The number of nitrogen functional groups attached to an aromatic ring is 1. The number of fused-ring (bicyclic) bond motifs is 1. The molecule has 1 fully saturated rings. The Morgan fingerprint density at radius 3 is 2.35 bits per heavy atom. The van der Waals surface area contributed by atoms with Crippen LogP contribution in [0, 0.1) is 5.41 Å². The number of unbranched alkanes of at least 4 members (excludes halogenated alkanes) is 1. The standard InChI is InChI=1S/C29H48N7O20P3S/c1-29(2,24(43)27(44)32-8-7-18(38)31-9-10-60-20(41)11-16(37)5-3-4-6-19(39)40)13-53-59(50,51)56-58(48,49)52-12-17-23(55-57(45,46)47)22(42)28(54-17)36-15-35-21-25(30)33-14-34-26(21)36/h14-17,22-24,28,37,42-43H,3-13H2,1-2H3,(H,31,38)(H,32,44)(H,39,40)(H,48,49)(H,50,51)(H2,30,33,34)(H2,45,46,47). The molecular weight excluding hydrogens is 891 g/mol. The number of rotatable bonds is 26. The van der Waals surface area contributed by atoms with Crippen LogP contribution in [0.1, 0.15) is 58.6 Å². The van der Waals surface area contributed by atoms with Gasteiger partial charge in [0.15, 0.2) is 22.8 Å². The highest BCUT2D eigenvalue weighted by molar-refractivity contribution is 8.13. The van der Waals surface area contributed by atoms with Gasteiger partial charge in [-0.1, -0.05) is 32.0 Å². The van der Waals surface area contributed by atoms with Crippen LogP contribution in [-0.2, 0) is 55.5 Å². The molecule has 8 atom stereocenters. The number of phosphoric acid groups is 3. The molecular formula is C29H48N7O20P3S. The van der Waals surface area contributed by atoms with Crippen molar-refractivity contribution in [3.63, 3.8) is 0 Å². The second-order valence-electron chi connectivity index (χ2n) is 13.8. The molecule has 0 spiro atoms. The fourth-order valence-corrected chi connectivity index (χ4v) is 8.88. The Hall–Kier alpha value is -3.01. The lowest BCUT2D eigenvalue weighted by Gasteiger charge is -2.30. The molecule has 1 saturated heterocycles. The number of phosphoric ester groups is 3. The van der Waals surface area contributed by atoms with E-state index in [2.05, 4.69) is 34.4 Å². The van der Waals surface area contributed by atoms with Gasteiger partial charge in [-0.15, -0.1) is 0 Å². The maximum atomic E-state index is 12.7. The van der Waals surface area contributed by atoms with E-state index in [-0.39, 0.29) is 66.6 Å². The lowest BCUT2D eigenvalue weighted by molar-refractivity contribution is -0.137. The summed E-state index contributed by atoms with van der Waals surface area (Å²) in [7, 11) is -16.5. The van der Waals surface area contributed by atoms with Gasteiger partial charge in [-0.2, -0.15) is 4.31 Å². The molecule has 12 N–H and O–H groups in total. The number of hydrogen-bond donors (Lipinski definition) is 11. The van der Waals surface area contributed by atoms with E-state index in [4.69, 9.17) is 24.6 Å². The molecule has 3 heterocycles. The molecule has 1 aliphatic rings. The Balaban J connectivity index is 1.42. The number of nitrogens with two attached hydrogens (primary N) is 1. The number of amides is 2. The van der Waals surface area contributed by atoms with Gasteiger partial charge in [0.25, 0.3) is 0 Å². The van der Waals surface area contributed by atoms with E-state index in [0.29, 0.717) is 12.8 Å². The monoisotopic (exact) mass is 939 g/mol. The normalized spacial score (nSPS) is 21.5. The highest BCUT2D eigenvalue weighted by Gasteiger charge is 2.50. The minimum Gasteiger partial charge on any atom is -0.481 e. The van der Waals surface area contributed by atoms with E-state index in [1.165, 1.54) is 13.8 Å². The van der Waals surface area contributed by atoms with Crippen LogP contribution in [0.5, 0.6) is 0 Å². The first kappa shape index (κ1) is 51.3. The van der Waals surface area contributed by atoms with E-state index in [1.807, 2.05) is 0 Å². The Labute approximate surface area is 345 Å². The first-order valence-electron chi connectivity index (χ1n) is 17.8. The summed E-state index contributed by atoms with van der Waals surface area (Å²) in [6.07, 6.45) is -7.08. The number of aromatic nitrogens is 4. The summed E-state index contributed by atoms with van der Waals surface area (Å²) in [5.41, 5.74) is 4.19. The van der Waals surface area contributed by atoms with Crippen molar-refractivity contribution in [3.8, 4) is 0 Å². The van der Waals surface area contributed by atoms with Gasteiger partial charge in [0.1, 0.15) is 36.3 Å². The lowest BCUT2D eigenvalue weighted by Crippen LogP contribution is -2.46. The van der Waals surface area contributed by atoms with Gasteiger partial charge in [-0.25, -0.2) is 28.6 Å². The second kappa shape index (κ2) is 22.4. The predicted molar refractivity (Wildman–Crippen MR) is 204 cm³/mol. The van der Waals surface area contributed by atoms with Crippen molar-refractivity contribution in [1.29, 1.82) is 0 Å². The van der Waals surface area contributed by atoms with Crippen molar-refractivity contribution in [2.45, 2.75) is 89.1 Å². The van der Waals surface area contributed by atoms with Gasteiger partial charge in [-0.3, -0.25) is 37.3 Å². The number of aliphatic hydroxyl groups is 3. The van der Waals surface area contributed by atoms with Crippen LogP contribution in [-0.4, -0.2) is 145 Å². The zero-order chi connectivity index (χ0) is 45.1. The number of imidazole rings is 1. The molecule has 0 aromatic carbocycles. The van der Waals surface area contributed by atoms with Crippen LogP contribution in [0.2, 0.25) is 0 Å². The van der Waals surface area contributed by atoms with Gasteiger partial charge in [0, 0.05) is 43.5 Å². The summed E-state index contributed by atoms with van der Waals surface area (Å²) >= 11 is 0.889. The van der Waals surface area contributed by atoms with Crippen molar-refractivity contribution in [1.82, 2.24) is 30.2 Å². The molecule has 0 aliphatic carbocycles. The largest absolute Gasteiger partial charge is 0.481 e. The van der Waals surface area contributed by atoms with Gasteiger partial charge in [0.05, 0.1) is 25.6 Å². The van der Waals surface area contributed by atoms with Crippen molar-refractivity contribution in [2.75, 3.05) is 37.8 Å². The Morgan fingerprint density at radius 2 is 1.68 bits per heavy atom. The van der Waals surface area contributed by atoms with Gasteiger partial charge in [0.2, 0.25) is 11.8 Å². The Bertz CT molecular complexity index is 1950. The van der Waals surface area contributed by atoms with Crippen LogP contribution >= 0.6 is 35.2 Å². The summed E-state index contributed by atoms with van der Waals surface area (Å²) in [4.78, 5) is 98.2. The smallest absolute Gasteiger partial charge is 0.481 e. The summed E-state index contributed by atoms with van der Waals surface area (Å²) in [5.74, 6) is -2.34. The van der Waals surface area contributed by atoms with E-state index < -0.39 is 96.6 Å². The Kier molecular flexibility index (Phi) is 19.1. The molecule has 8 unspecified atom stereocenters. The Morgan fingerprint density at radius 1 is 1.00 bits per heavy atom. The molecule has 2 aromatic heterocycles. The lowest BCUT2D eigenvalue weighted by atomic mass is 9.87. The number of aliphatic hydroxyl groups excluding tert-OH is 3. The first-order chi connectivity index (χ1) is 27.8. The van der Waals surface area contributed by atoms with Gasteiger partial charge in [-0.05, 0) is 12.8 Å².